The fourth-order valence-electron chi connectivity index (χ4n) is 0.692. The molecule has 1 rings (SSSR count). The fourth-order valence-corrected chi connectivity index (χ4v) is 1.34. The molecule has 0 spiro atoms. The van der Waals surface area contributed by atoms with Crippen LogP contribution >= 0.6 is 22.6 Å². The summed E-state index contributed by atoms with van der Waals surface area (Å²) in [6, 6.07) is 1.66. The maximum atomic E-state index is 10.3. The van der Waals surface area contributed by atoms with Crippen LogP contribution in [0.5, 0.6) is 0 Å². The SMILES string of the molecule is O=[N+]([O-])c1cnccc1CI. The minimum atomic E-state index is -0.416. The summed E-state index contributed by atoms with van der Waals surface area (Å²) in [5, 5.41) is 10.3. The van der Waals surface area contributed by atoms with Gasteiger partial charge in [0.05, 0.1) is 4.92 Å². The van der Waals surface area contributed by atoms with Crippen molar-refractivity contribution >= 4 is 28.3 Å². The Morgan fingerprint density at radius 3 is 2.91 bits per heavy atom. The lowest BCUT2D eigenvalue weighted by Crippen LogP contribution is -1.93. The van der Waals surface area contributed by atoms with Crippen LogP contribution in [0, 0.1) is 10.1 Å². The van der Waals surface area contributed by atoms with E-state index in [0.29, 0.717) is 9.99 Å². The first-order valence-corrected chi connectivity index (χ1v) is 4.41. The molecular formula is C6H5IN2O2. The molecule has 0 aliphatic rings. The second-order valence-corrected chi connectivity index (χ2v) is 2.66. The quantitative estimate of drug-likeness (QED) is 0.355. The van der Waals surface area contributed by atoms with Crippen molar-refractivity contribution in [3.63, 3.8) is 0 Å². The van der Waals surface area contributed by atoms with E-state index in [2.05, 4.69) is 27.6 Å². The van der Waals surface area contributed by atoms with Crippen molar-refractivity contribution in [2.24, 2.45) is 0 Å². The number of nitro groups is 1. The largest absolute Gasteiger partial charge is 0.291 e. The average molecular weight is 264 g/mol. The number of pyridine rings is 1. The monoisotopic (exact) mass is 264 g/mol. The van der Waals surface area contributed by atoms with E-state index in [1.54, 1.807) is 12.3 Å². The van der Waals surface area contributed by atoms with Gasteiger partial charge in [0.25, 0.3) is 5.69 Å². The number of aromatic nitrogens is 1. The van der Waals surface area contributed by atoms with Crippen molar-refractivity contribution in [2.45, 2.75) is 4.43 Å². The molecule has 11 heavy (non-hydrogen) atoms. The first-order chi connectivity index (χ1) is 5.25. The number of nitrogens with zero attached hydrogens (tertiary/aromatic N) is 2. The molecule has 1 aromatic rings. The third-order valence-electron chi connectivity index (χ3n) is 1.23. The molecule has 0 radical (unpaired) electrons. The van der Waals surface area contributed by atoms with Gasteiger partial charge in [-0.1, -0.05) is 22.6 Å². The Morgan fingerprint density at radius 2 is 2.45 bits per heavy atom. The summed E-state index contributed by atoms with van der Waals surface area (Å²) in [5.74, 6) is 0. The molecule has 0 amide bonds. The molecule has 1 heterocycles. The van der Waals surface area contributed by atoms with E-state index in [-0.39, 0.29) is 5.69 Å². The number of alkyl halides is 1. The van der Waals surface area contributed by atoms with Gasteiger partial charge >= 0.3 is 0 Å². The van der Waals surface area contributed by atoms with Crippen LogP contribution in [0.3, 0.4) is 0 Å². The maximum absolute atomic E-state index is 10.3. The van der Waals surface area contributed by atoms with Crippen molar-refractivity contribution in [1.29, 1.82) is 0 Å². The summed E-state index contributed by atoms with van der Waals surface area (Å²) in [6.45, 7) is 0. The second kappa shape index (κ2) is 3.61. The Morgan fingerprint density at radius 1 is 1.73 bits per heavy atom. The van der Waals surface area contributed by atoms with Crippen molar-refractivity contribution in [2.75, 3.05) is 0 Å². The predicted molar refractivity (Wildman–Crippen MR) is 48.6 cm³/mol. The van der Waals surface area contributed by atoms with E-state index >= 15 is 0 Å². The first kappa shape index (κ1) is 8.38. The Kier molecular flexibility index (Phi) is 2.75. The van der Waals surface area contributed by atoms with E-state index in [4.69, 9.17) is 0 Å². The molecule has 0 fully saturated rings. The van der Waals surface area contributed by atoms with E-state index in [9.17, 15) is 10.1 Å². The van der Waals surface area contributed by atoms with Crippen molar-refractivity contribution < 1.29 is 4.92 Å². The molecule has 0 N–H and O–H groups in total. The average Bonchev–Trinajstić information content (AvgIpc) is 2.04. The molecule has 0 atom stereocenters. The zero-order valence-electron chi connectivity index (χ0n) is 5.53. The van der Waals surface area contributed by atoms with Crippen molar-refractivity contribution in [3.8, 4) is 0 Å². The van der Waals surface area contributed by atoms with E-state index in [1.807, 2.05) is 0 Å². The molecule has 0 aromatic carbocycles. The smallest absolute Gasteiger partial charge is 0.258 e. The van der Waals surface area contributed by atoms with Crippen LogP contribution in [0.2, 0.25) is 0 Å². The van der Waals surface area contributed by atoms with Crippen LogP contribution in [-0.4, -0.2) is 9.91 Å². The number of hydrogen-bond acceptors (Lipinski definition) is 3. The Balaban J connectivity index is 3.12. The number of hydrogen-bond donors (Lipinski definition) is 0. The van der Waals surface area contributed by atoms with Gasteiger partial charge < -0.3 is 0 Å². The van der Waals surface area contributed by atoms with Crippen molar-refractivity contribution in [3.05, 3.63) is 34.1 Å². The lowest BCUT2D eigenvalue weighted by Gasteiger charge is -1.95. The van der Waals surface area contributed by atoms with Gasteiger partial charge in [-0.05, 0) is 6.07 Å². The van der Waals surface area contributed by atoms with Gasteiger partial charge in [0, 0.05) is 16.2 Å². The van der Waals surface area contributed by atoms with Crippen LogP contribution in [0.1, 0.15) is 5.56 Å². The summed E-state index contributed by atoms with van der Waals surface area (Å²) in [4.78, 5) is 13.6. The van der Waals surface area contributed by atoms with E-state index in [0.717, 1.165) is 0 Å². The molecule has 0 aliphatic carbocycles. The highest BCUT2D eigenvalue weighted by Crippen LogP contribution is 2.18. The summed E-state index contributed by atoms with van der Waals surface area (Å²) < 4.78 is 0.636. The molecule has 4 nitrogen and oxygen atoms in total. The second-order valence-electron chi connectivity index (χ2n) is 1.90. The van der Waals surface area contributed by atoms with E-state index < -0.39 is 4.92 Å². The summed E-state index contributed by atoms with van der Waals surface area (Å²) in [7, 11) is 0. The van der Waals surface area contributed by atoms with Crippen molar-refractivity contribution in [1.82, 2.24) is 4.98 Å². The zero-order valence-corrected chi connectivity index (χ0v) is 7.69. The van der Waals surface area contributed by atoms with Gasteiger partial charge in [0.15, 0.2) is 0 Å². The molecule has 0 saturated heterocycles. The topological polar surface area (TPSA) is 56.0 Å². The highest BCUT2D eigenvalue weighted by molar-refractivity contribution is 14.1. The molecule has 1 aromatic heterocycles. The van der Waals surface area contributed by atoms with Crippen LogP contribution in [-0.2, 0) is 4.43 Å². The molecular weight excluding hydrogens is 259 g/mol. The summed E-state index contributed by atoms with van der Waals surface area (Å²) in [5.41, 5.74) is 0.813. The standard InChI is InChI=1S/C6H5IN2O2/c7-3-5-1-2-8-4-6(5)9(10)11/h1-2,4H,3H2. The molecule has 5 heteroatoms. The lowest BCUT2D eigenvalue weighted by atomic mass is 10.3. The van der Waals surface area contributed by atoms with Crippen LogP contribution in [0.25, 0.3) is 0 Å². The van der Waals surface area contributed by atoms with E-state index in [1.165, 1.54) is 6.20 Å². The highest BCUT2D eigenvalue weighted by Gasteiger charge is 2.10. The highest BCUT2D eigenvalue weighted by atomic mass is 127. The third-order valence-corrected chi connectivity index (χ3v) is 2.05. The molecule has 0 unspecified atom stereocenters. The Hall–Kier alpha value is -0.720. The minimum absolute atomic E-state index is 0.0990. The first-order valence-electron chi connectivity index (χ1n) is 2.89. The zero-order chi connectivity index (χ0) is 8.27. The normalized spacial score (nSPS) is 9.55. The van der Waals surface area contributed by atoms with Crippen LogP contribution < -0.4 is 0 Å². The molecule has 0 aliphatic heterocycles. The minimum Gasteiger partial charge on any atom is -0.258 e. The Bertz CT molecular complexity index is 277. The van der Waals surface area contributed by atoms with Crippen LogP contribution in [0.15, 0.2) is 18.5 Å². The Labute approximate surface area is 76.9 Å². The van der Waals surface area contributed by atoms with Gasteiger partial charge in [-0.3, -0.25) is 15.1 Å². The number of halogens is 1. The number of rotatable bonds is 2. The van der Waals surface area contributed by atoms with Crippen LogP contribution in [0.4, 0.5) is 5.69 Å². The van der Waals surface area contributed by atoms with Gasteiger partial charge in [-0.25, -0.2) is 0 Å². The summed E-state index contributed by atoms with van der Waals surface area (Å²) in [6.07, 6.45) is 2.83. The molecule has 0 saturated carbocycles. The van der Waals surface area contributed by atoms with Gasteiger partial charge in [-0.15, -0.1) is 0 Å². The van der Waals surface area contributed by atoms with Gasteiger partial charge in [0.1, 0.15) is 6.20 Å². The van der Waals surface area contributed by atoms with Gasteiger partial charge in [-0.2, -0.15) is 0 Å². The lowest BCUT2D eigenvalue weighted by molar-refractivity contribution is -0.385. The maximum Gasteiger partial charge on any atom is 0.291 e. The summed E-state index contributed by atoms with van der Waals surface area (Å²) >= 11 is 2.08. The molecule has 58 valence electrons. The predicted octanol–water partition coefficient (Wildman–Crippen LogP) is 1.92. The molecule has 0 bridgehead atoms. The van der Waals surface area contributed by atoms with Gasteiger partial charge in [0.2, 0.25) is 0 Å². The third kappa shape index (κ3) is 1.86. The fraction of sp³-hybridized carbons (Fsp3) is 0.167.